The van der Waals surface area contributed by atoms with Crippen molar-refractivity contribution in [1.29, 1.82) is 0 Å². The number of hydrogen-bond acceptors (Lipinski definition) is 3. The molecule has 130 valence electrons. The number of hydrogen-bond donors (Lipinski definition) is 1. The van der Waals surface area contributed by atoms with E-state index in [0.29, 0.717) is 12.3 Å². The van der Waals surface area contributed by atoms with Crippen LogP contribution < -0.4 is 4.74 Å². The smallest absolute Gasteiger partial charge is 0.335 e. The third kappa shape index (κ3) is 4.38. The lowest BCUT2D eigenvalue weighted by atomic mass is 9.90. The maximum atomic E-state index is 12.4. The van der Waals surface area contributed by atoms with Gasteiger partial charge in [-0.25, -0.2) is 4.79 Å². The van der Waals surface area contributed by atoms with Gasteiger partial charge in [0.25, 0.3) is 5.91 Å². The van der Waals surface area contributed by atoms with Crippen molar-refractivity contribution in [2.45, 2.75) is 18.8 Å². The Balaban J connectivity index is 1.58. The minimum Gasteiger partial charge on any atom is -0.484 e. The minimum absolute atomic E-state index is 0.0179. The fraction of sp³-hybridized carbons (Fsp3) is 0.300. The molecule has 25 heavy (non-hydrogen) atoms. The predicted molar refractivity (Wildman–Crippen MR) is 93.9 cm³/mol. The molecule has 1 N–H and O–H groups in total. The first-order valence-corrected chi connectivity index (χ1v) is 8.42. The number of nitrogens with zero attached hydrogens (tertiary/aromatic N) is 1. The monoisotopic (exact) mass is 339 g/mol. The molecule has 0 aromatic heterocycles. The van der Waals surface area contributed by atoms with Crippen LogP contribution in [0.3, 0.4) is 0 Å². The Morgan fingerprint density at radius 3 is 2.48 bits per heavy atom. The number of rotatable bonds is 5. The Labute approximate surface area is 146 Å². The fourth-order valence-electron chi connectivity index (χ4n) is 3.13. The number of piperidine rings is 1. The van der Waals surface area contributed by atoms with Gasteiger partial charge in [0, 0.05) is 19.0 Å². The summed E-state index contributed by atoms with van der Waals surface area (Å²) in [5.74, 6) is -0.0216. The topological polar surface area (TPSA) is 66.8 Å². The highest BCUT2D eigenvalue weighted by atomic mass is 16.5. The number of carbonyl (C=O) groups excluding carboxylic acids is 1. The SMILES string of the molecule is O=C(O)c1ccc([C@@H]2CCCN(C(=O)COc3ccccc3)C2)cc1. The van der Waals surface area contributed by atoms with Crippen molar-refractivity contribution in [1.82, 2.24) is 4.90 Å². The molecule has 1 saturated heterocycles. The Morgan fingerprint density at radius 1 is 1.08 bits per heavy atom. The average molecular weight is 339 g/mol. The highest BCUT2D eigenvalue weighted by Gasteiger charge is 2.25. The molecule has 3 rings (SSSR count). The molecule has 0 radical (unpaired) electrons. The van der Waals surface area contributed by atoms with Gasteiger partial charge in [0.05, 0.1) is 5.56 Å². The molecule has 2 aromatic rings. The average Bonchev–Trinajstić information content (AvgIpc) is 2.67. The molecule has 2 aromatic carbocycles. The summed E-state index contributed by atoms with van der Waals surface area (Å²) >= 11 is 0. The number of amides is 1. The summed E-state index contributed by atoms with van der Waals surface area (Å²) < 4.78 is 5.55. The second-order valence-corrected chi connectivity index (χ2v) is 6.21. The van der Waals surface area contributed by atoms with Crippen molar-refractivity contribution >= 4 is 11.9 Å². The van der Waals surface area contributed by atoms with Crippen LogP contribution >= 0.6 is 0 Å². The number of carbonyl (C=O) groups is 2. The van der Waals surface area contributed by atoms with E-state index in [-0.39, 0.29) is 24.0 Å². The molecule has 1 aliphatic heterocycles. The summed E-state index contributed by atoms with van der Waals surface area (Å²) in [6.45, 7) is 1.42. The molecule has 1 amide bonds. The highest BCUT2D eigenvalue weighted by molar-refractivity contribution is 5.87. The second kappa shape index (κ2) is 7.83. The lowest BCUT2D eigenvalue weighted by Gasteiger charge is -2.33. The second-order valence-electron chi connectivity index (χ2n) is 6.21. The van der Waals surface area contributed by atoms with Crippen LogP contribution in [0.2, 0.25) is 0 Å². The Kier molecular flexibility index (Phi) is 5.33. The van der Waals surface area contributed by atoms with Gasteiger partial charge in [0.15, 0.2) is 6.61 Å². The van der Waals surface area contributed by atoms with Gasteiger partial charge < -0.3 is 14.7 Å². The van der Waals surface area contributed by atoms with E-state index in [1.807, 2.05) is 47.4 Å². The summed E-state index contributed by atoms with van der Waals surface area (Å²) in [6.07, 6.45) is 1.93. The number of carboxylic acid groups (broad SMARTS) is 1. The molecule has 1 fully saturated rings. The maximum absolute atomic E-state index is 12.4. The van der Waals surface area contributed by atoms with E-state index in [1.165, 1.54) is 0 Å². The molecule has 0 bridgehead atoms. The number of ether oxygens (including phenoxy) is 1. The highest BCUT2D eigenvalue weighted by Crippen LogP contribution is 2.27. The first-order chi connectivity index (χ1) is 12.1. The van der Waals surface area contributed by atoms with E-state index in [9.17, 15) is 9.59 Å². The first-order valence-electron chi connectivity index (χ1n) is 8.42. The number of carboxylic acids is 1. The van der Waals surface area contributed by atoms with Crippen LogP contribution in [-0.4, -0.2) is 41.6 Å². The van der Waals surface area contributed by atoms with Gasteiger partial charge >= 0.3 is 5.97 Å². The third-order valence-corrected chi connectivity index (χ3v) is 4.51. The molecule has 5 heteroatoms. The number of aromatic carboxylic acids is 1. The molecular formula is C20H21NO4. The molecular weight excluding hydrogens is 318 g/mol. The minimum atomic E-state index is -0.926. The van der Waals surface area contributed by atoms with E-state index in [2.05, 4.69) is 0 Å². The van der Waals surface area contributed by atoms with Gasteiger partial charge in [0.1, 0.15) is 5.75 Å². The van der Waals surface area contributed by atoms with Crippen LogP contribution in [0.5, 0.6) is 5.75 Å². The molecule has 0 aliphatic carbocycles. The van der Waals surface area contributed by atoms with Crippen LogP contribution in [0, 0.1) is 0 Å². The summed E-state index contributed by atoms with van der Waals surface area (Å²) in [4.78, 5) is 25.2. The molecule has 1 atom stereocenters. The van der Waals surface area contributed by atoms with Crippen molar-refractivity contribution < 1.29 is 19.4 Å². The Morgan fingerprint density at radius 2 is 1.80 bits per heavy atom. The summed E-state index contributed by atoms with van der Waals surface area (Å²) in [6, 6.07) is 16.3. The van der Waals surface area contributed by atoms with Gasteiger partial charge in [-0.1, -0.05) is 30.3 Å². The lowest BCUT2D eigenvalue weighted by molar-refractivity contribution is -0.134. The number of likely N-dealkylation sites (tertiary alicyclic amines) is 1. The maximum Gasteiger partial charge on any atom is 0.335 e. The largest absolute Gasteiger partial charge is 0.484 e. The van der Waals surface area contributed by atoms with Crippen molar-refractivity contribution in [3.63, 3.8) is 0 Å². The zero-order chi connectivity index (χ0) is 17.6. The zero-order valence-electron chi connectivity index (χ0n) is 13.9. The predicted octanol–water partition coefficient (Wildman–Crippen LogP) is 3.17. The molecule has 0 saturated carbocycles. The van der Waals surface area contributed by atoms with Crippen molar-refractivity contribution in [2.24, 2.45) is 0 Å². The van der Waals surface area contributed by atoms with Gasteiger partial charge in [-0.3, -0.25) is 4.79 Å². The first kappa shape index (κ1) is 17.0. The van der Waals surface area contributed by atoms with Crippen molar-refractivity contribution in [3.8, 4) is 5.75 Å². The summed E-state index contributed by atoms with van der Waals surface area (Å²) in [7, 11) is 0. The van der Waals surface area contributed by atoms with Crippen LogP contribution in [0.15, 0.2) is 54.6 Å². The van der Waals surface area contributed by atoms with E-state index < -0.39 is 5.97 Å². The number of benzene rings is 2. The fourth-order valence-corrected chi connectivity index (χ4v) is 3.13. The summed E-state index contributed by atoms with van der Waals surface area (Å²) in [5.41, 5.74) is 1.36. The molecule has 1 heterocycles. The van der Waals surface area contributed by atoms with Crippen molar-refractivity contribution in [2.75, 3.05) is 19.7 Å². The van der Waals surface area contributed by atoms with Crippen LogP contribution in [-0.2, 0) is 4.79 Å². The quantitative estimate of drug-likeness (QED) is 0.908. The van der Waals surface area contributed by atoms with Gasteiger partial charge in [-0.15, -0.1) is 0 Å². The normalized spacial score (nSPS) is 17.1. The Hall–Kier alpha value is -2.82. The standard InChI is InChI=1S/C20H21NO4/c22-19(14-25-18-6-2-1-3-7-18)21-12-4-5-17(13-21)15-8-10-16(11-9-15)20(23)24/h1-3,6-11,17H,4-5,12-14H2,(H,23,24)/t17-/m1/s1. The summed E-state index contributed by atoms with van der Waals surface area (Å²) in [5, 5.41) is 8.99. The van der Waals surface area contributed by atoms with E-state index in [1.54, 1.807) is 12.1 Å². The van der Waals surface area contributed by atoms with Crippen molar-refractivity contribution in [3.05, 3.63) is 65.7 Å². The zero-order valence-corrected chi connectivity index (χ0v) is 13.9. The van der Waals surface area contributed by atoms with Crippen LogP contribution in [0.4, 0.5) is 0 Å². The molecule has 0 unspecified atom stereocenters. The van der Waals surface area contributed by atoms with Gasteiger partial charge in [-0.05, 0) is 42.7 Å². The van der Waals surface area contributed by atoms with E-state index in [4.69, 9.17) is 9.84 Å². The number of para-hydroxylation sites is 1. The molecule has 5 nitrogen and oxygen atoms in total. The van der Waals surface area contributed by atoms with Gasteiger partial charge in [0.2, 0.25) is 0 Å². The van der Waals surface area contributed by atoms with E-state index >= 15 is 0 Å². The Bertz CT molecular complexity index is 727. The molecule has 0 spiro atoms. The molecule has 1 aliphatic rings. The van der Waals surface area contributed by atoms with Crippen LogP contribution in [0.1, 0.15) is 34.7 Å². The third-order valence-electron chi connectivity index (χ3n) is 4.51. The van der Waals surface area contributed by atoms with Crippen LogP contribution in [0.25, 0.3) is 0 Å². The van der Waals surface area contributed by atoms with Gasteiger partial charge in [-0.2, -0.15) is 0 Å². The van der Waals surface area contributed by atoms with E-state index in [0.717, 1.165) is 24.9 Å². The lowest BCUT2D eigenvalue weighted by Crippen LogP contribution is -2.41.